The fourth-order valence-corrected chi connectivity index (χ4v) is 0.506. The summed E-state index contributed by atoms with van der Waals surface area (Å²) >= 11 is 0. The zero-order chi connectivity index (χ0) is 5.82. The van der Waals surface area contributed by atoms with Crippen LogP contribution in [0.5, 0.6) is 0 Å². The molecule has 1 nitrogen and oxygen atoms in total. The Morgan fingerprint density at radius 2 is 1.60 bits per heavy atom. The molecule has 1 radical (unpaired) electrons. The van der Waals surface area contributed by atoms with Crippen LogP contribution in [0.4, 0.5) is 0 Å². The molecular formula is C7H5IOPt-. The van der Waals surface area contributed by atoms with E-state index in [-0.39, 0.29) is 45.0 Å². The summed E-state index contributed by atoms with van der Waals surface area (Å²) in [4.78, 5) is 9.88. The van der Waals surface area contributed by atoms with Gasteiger partial charge in [-0.15, -0.1) is 0 Å². The Bertz CT molecular complexity index is 176. The molecule has 0 aromatic heterocycles. The van der Waals surface area contributed by atoms with Gasteiger partial charge in [0.15, 0.2) is 0 Å². The molecule has 0 heterocycles. The van der Waals surface area contributed by atoms with Crippen molar-refractivity contribution in [2.45, 2.75) is 0 Å². The van der Waals surface area contributed by atoms with Gasteiger partial charge in [0, 0.05) is 26.6 Å². The molecule has 0 bridgehead atoms. The smallest absolute Gasteiger partial charge is 0.233 e. The molecule has 57 valence electrons. The summed E-state index contributed by atoms with van der Waals surface area (Å²) in [7, 11) is 0. The van der Waals surface area contributed by atoms with Crippen LogP contribution in [0.15, 0.2) is 30.3 Å². The number of hydrogen-bond acceptors (Lipinski definition) is 1. The van der Waals surface area contributed by atoms with E-state index in [1.165, 1.54) is 0 Å². The number of halogens is 1. The third kappa shape index (κ3) is 4.18. The predicted molar refractivity (Wildman–Crippen MR) is 31.2 cm³/mol. The van der Waals surface area contributed by atoms with Gasteiger partial charge in [0.1, 0.15) is 0 Å². The van der Waals surface area contributed by atoms with Gasteiger partial charge in [0.2, 0.25) is 6.29 Å². The Morgan fingerprint density at radius 3 is 1.90 bits per heavy atom. The normalized spacial score (nSPS) is 6.80. The van der Waals surface area contributed by atoms with Crippen molar-refractivity contribution in [3.63, 3.8) is 0 Å². The molecular weight excluding hydrogens is 422 g/mol. The van der Waals surface area contributed by atoms with Crippen molar-refractivity contribution < 1.29 is 49.8 Å². The van der Waals surface area contributed by atoms with Crippen LogP contribution < -0.4 is 24.0 Å². The van der Waals surface area contributed by atoms with Crippen LogP contribution in [0.1, 0.15) is 5.56 Å². The van der Waals surface area contributed by atoms with Gasteiger partial charge in [0.25, 0.3) is 0 Å². The number of carbonyl (C=O) groups excluding carboxylic acids is 1. The second kappa shape index (κ2) is 7.42. The maximum absolute atomic E-state index is 9.88. The zero-order valence-electron chi connectivity index (χ0n) is 4.99. The summed E-state index contributed by atoms with van der Waals surface area (Å²) in [6.07, 6.45) is 1.78. The molecule has 1 rings (SSSR count). The first-order chi connectivity index (χ1) is 3.93. The summed E-state index contributed by atoms with van der Waals surface area (Å²) in [5, 5.41) is 0. The van der Waals surface area contributed by atoms with E-state index < -0.39 is 0 Å². The Labute approximate surface area is 91.5 Å². The molecule has 3 heteroatoms. The molecule has 0 spiro atoms. The van der Waals surface area contributed by atoms with E-state index in [0.29, 0.717) is 5.56 Å². The van der Waals surface area contributed by atoms with Gasteiger partial charge in [-0.1, -0.05) is 30.3 Å². The largest absolute Gasteiger partial charge is 1.00 e. The standard InChI is InChI=1S/C7H5O.HI.Pt/c8-6-7-4-2-1-3-5-7;;/h1-5H;1H;/p-1. The molecule has 0 atom stereocenters. The third-order valence-electron chi connectivity index (χ3n) is 0.892. The van der Waals surface area contributed by atoms with Crippen molar-refractivity contribution in [2.24, 2.45) is 0 Å². The van der Waals surface area contributed by atoms with Crippen LogP contribution in [0, 0.1) is 0 Å². The Balaban J connectivity index is 0. The summed E-state index contributed by atoms with van der Waals surface area (Å²) in [6.45, 7) is 0. The van der Waals surface area contributed by atoms with Crippen LogP contribution >= 0.6 is 0 Å². The molecule has 1 aromatic carbocycles. The molecule has 1 aromatic rings. The summed E-state index contributed by atoms with van der Waals surface area (Å²) in [6, 6.07) is 8.90. The molecule has 0 saturated carbocycles. The Hall–Kier alpha value is 0.308. The minimum atomic E-state index is 0. The Kier molecular flexibility index (Phi) is 9.60. The molecule has 0 amide bonds. The van der Waals surface area contributed by atoms with Crippen molar-refractivity contribution in [1.29, 1.82) is 0 Å². The van der Waals surface area contributed by atoms with E-state index in [9.17, 15) is 4.79 Å². The molecule has 0 aliphatic rings. The summed E-state index contributed by atoms with van der Waals surface area (Å²) < 4.78 is 0. The fourth-order valence-electron chi connectivity index (χ4n) is 0.506. The van der Waals surface area contributed by atoms with E-state index in [0.717, 1.165) is 0 Å². The fraction of sp³-hybridized carbons (Fsp3) is 0. The second-order valence-electron chi connectivity index (χ2n) is 1.47. The van der Waals surface area contributed by atoms with Crippen LogP contribution in [-0.4, -0.2) is 6.29 Å². The van der Waals surface area contributed by atoms with Crippen LogP contribution in [-0.2, 0) is 25.9 Å². The number of hydrogen-bond donors (Lipinski definition) is 0. The van der Waals surface area contributed by atoms with Crippen molar-refractivity contribution in [2.75, 3.05) is 0 Å². The van der Waals surface area contributed by atoms with Crippen molar-refractivity contribution in [3.8, 4) is 0 Å². The molecule has 0 aliphatic heterocycles. The maximum atomic E-state index is 9.88. The molecule has 0 N–H and O–H groups in total. The van der Waals surface area contributed by atoms with Gasteiger partial charge in [-0.2, -0.15) is 0 Å². The molecule has 0 aliphatic carbocycles. The second-order valence-corrected chi connectivity index (χ2v) is 1.47. The number of benzene rings is 1. The number of rotatable bonds is 1. The first kappa shape index (κ1) is 12.9. The molecule has 0 saturated heterocycles. The molecule has 0 unspecified atom stereocenters. The first-order valence-corrected chi connectivity index (χ1v) is 2.36. The quantitative estimate of drug-likeness (QED) is 0.482. The van der Waals surface area contributed by atoms with Gasteiger partial charge in [-0.3, -0.25) is 4.79 Å². The average Bonchev–Trinajstić information content (AvgIpc) is 1.90. The van der Waals surface area contributed by atoms with Crippen LogP contribution in [0.2, 0.25) is 0 Å². The predicted octanol–water partition coefficient (Wildman–Crippen LogP) is -1.85. The van der Waals surface area contributed by atoms with Crippen LogP contribution in [0.25, 0.3) is 0 Å². The minimum Gasteiger partial charge on any atom is -1.00 e. The van der Waals surface area contributed by atoms with Gasteiger partial charge in [-0.25, -0.2) is 0 Å². The van der Waals surface area contributed by atoms with Crippen molar-refractivity contribution >= 4 is 6.29 Å². The summed E-state index contributed by atoms with van der Waals surface area (Å²) in [5.41, 5.74) is 0.604. The minimum absolute atomic E-state index is 0. The van der Waals surface area contributed by atoms with E-state index in [4.69, 9.17) is 0 Å². The van der Waals surface area contributed by atoms with Gasteiger partial charge in [0.05, 0.1) is 0 Å². The van der Waals surface area contributed by atoms with Crippen molar-refractivity contribution in [1.82, 2.24) is 0 Å². The van der Waals surface area contributed by atoms with Crippen molar-refractivity contribution in [3.05, 3.63) is 35.9 Å². The van der Waals surface area contributed by atoms with E-state index in [2.05, 4.69) is 0 Å². The molecule has 10 heavy (non-hydrogen) atoms. The first-order valence-electron chi connectivity index (χ1n) is 2.36. The van der Waals surface area contributed by atoms with E-state index in [1.807, 2.05) is 6.07 Å². The summed E-state index contributed by atoms with van der Waals surface area (Å²) in [5.74, 6) is 0. The van der Waals surface area contributed by atoms with Gasteiger partial charge < -0.3 is 24.0 Å². The van der Waals surface area contributed by atoms with Crippen LogP contribution in [0.3, 0.4) is 0 Å². The topological polar surface area (TPSA) is 17.1 Å². The molecule has 0 fully saturated rings. The monoisotopic (exact) mass is 427 g/mol. The SMILES string of the molecule is O=[C]c1ccccc1.[I-].[Pt]. The van der Waals surface area contributed by atoms with Gasteiger partial charge in [-0.05, 0) is 0 Å². The van der Waals surface area contributed by atoms with Gasteiger partial charge >= 0.3 is 0 Å². The maximum Gasteiger partial charge on any atom is 0.233 e. The third-order valence-corrected chi connectivity index (χ3v) is 0.892. The van der Waals surface area contributed by atoms with E-state index in [1.54, 1.807) is 30.6 Å². The zero-order valence-corrected chi connectivity index (χ0v) is 9.42. The average molecular weight is 427 g/mol. The Morgan fingerprint density at radius 1 is 1.10 bits per heavy atom. The van der Waals surface area contributed by atoms with E-state index >= 15 is 0 Å².